The van der Waals surface area contributed by atoms with E-state index in [1.165, 1.54) is 0 Å². The number of carbonyl (C=O) groups is 2. The summed E-state index contributed by atoms with van der Waals surface area (Å²) in [5, 5.41) is 0. The zero-order valence-electron chi connectivity index (χ0n) is 17.4. The quantitative estimate of drug-likeness (QED) is 0.715. The fourth-order valence-electron chi connectivity index (χ4n) is 5.65. The summed E-state index contributed by atoms with van der Waals surface area (Å²) in [6.45, 7) is 2.89. The van der Waals surface area contributed by atoms with Crippen LogP contribution in [0, 0.1) is 5.92 Å². The summed E-state index contributed by atoms with van der Waals surface area (Å²) in [4.78, 5) is 30.5. The van der Waals surface area contributed by atoms with Gasteiger partial charge in [0.05, 0.1) is 17.4 Å². The largest absolute Gasteiger partial charge is 0.486 e. The summed E-state index contributed by atoms with van der Waals surface area (Å²) in [6.07, 6.45) is 2.45. The second-order valence-corrected chi connectivity index (χ2v) is 9.16. The number of hydrogen-bond acceptors (Lipinski definition) is 5. The molecule has 2 saturated heterocycles. The number of likely N-dealkylation sites (tertiary alicyclic amines) is 2. The average Bonchev–Trinajstić information content (AvgIpc) is 3.53. The molecule has 6 heteroatoms. The van der Waals surface area contributed by atoms with Crippen LogP contribution in [0.15, 0.2) is 54.6 Å². The first kappa shape index (κ1) is 18.9. The summed E-state index contributed by atoms with van der Waals surface area (Å²) in [5.41, 5.74) is 0.380. The molecular weight excluding hydrogens is 392 g/mol. The van der Waals surface area contributed by atoms with Crippen LogP contribution in [0.25, 0.3) is 0 Å². The van der Waals surface area contributed by atoms with Gasteiger partial charge in [-0.05, 0) is 43.5 Å². The molecule has 2 aromatic rings. The molecule has 0 N–H and O–H groups in total. The van der Waals surface area contributed by atoms with E-state index in [0.29, 0.717) is 19.6 Å². The molecule has 31 heavy (non-hydrogen) atoms. The Morgan fingerprint density at radius 3 is 2.61 bits per heavy atom. The van der Waals surface area contributed by atoms with Crippen LogP contribution in [0.5, 0.6) is 11.5 Å². The molecule has 3 heterocycles. The number of fused-ring (bicyclic) bond motifs is 2. The minimum Gasteiger partial charge on any atom is -0.486 e. The number of para-hydroxylation sites is 2. The summed E-state index contributed by atoms with van der Waals surface area (Å²) in [5.74, 6) is 1.42. The Bertz CT molecular complexity index is 1030. The minimum absolute atomic E-state index is 0.00623. The zero-order chi connectivity index (χ0) is 21.0. The van der Waals surface area contributed by atoms with E-state index in [1.54, 1.807) is 4.90 Å². The molecule has 0 aromatic heterocycles. The van der Waals surface area contributed by atoms with Crippen molar-refractivity contribution in [2.75, 3.05) is 26.2 Å². The number of benzene rings is 2. The van der Waals surface area contributed by atoms with Gasteiger partial charge in [0.25, 0.3) is 0 Å². The Kier molecular flexibility index (Phi) is 4.32. The number of ether oxygens (including phenoxy) is 2. The number of rotatable bonds is 4. The first-order chi connectivity index (χ1) is 15.2. The van der Waals surface area contributed by atoms with Crippen LogP contribution in [-0.2, 0) is 15.0 Å². The maximum absolute atomic E-state index is 13.5. The third kappa shape index (κ3) is 2.96. The van der Waals surface area contributed by atoms with E-state index >= 15 is 0 Å². The van der Waals surface area contributed by atoms with Gasteiger partial charge in [0, 0.05) is 13.1 Å². The molecule has 0 radical (unpaired) electrons. The van der Waals surface area contributed by atoms with Gasteiger partial charge in [0.15, 0.2) is 11.5 Å². The molecule has 3 aliphatic heterocycles. The lowest BCUT2D eigenvalue weighted by Gasteiger charge is -2.39. The highest BCUT2D eigenvalue weighted by Gasteiger charge is 2.73. The van der Waals surface area contributed by atoms with Crippen LogP contribution in [0.1, 0.15) is 24.8 Å². The monoisotopic (exact) mass is 418 g/mol. The average molecular weight is 418 g/mol. The van der Waals surface area contributed by atoms with Crippen LogP contribution in [-0.4, -0.2) is 60.0 Å². The number of amides is 2. The second kappa shape index (κ2) is 7.09. The van der Waals surface area contributed by atoms with E-state index in [9.17, 15) is 9.59 Å². The third-order valence-electron chi connectivity index (χ3n) is 7.26. The Labute approximate surface area is 181 Å². The molecule has 4 atom stereocenters. The number of nitrogens with zero attached hydrogens (tertiary/aromatic N) is 2. The van der Waals surface area contributed by atoms with Gasteiger partial charge in [-0.1, -0.05) is 42.5 Å². The summed E-state index contributed by atoms with van der Waals surface area (Å²) < 4.78 is 12.0. The van der Waals surface area contributed by atoms with Crippen molar-refractivity contribution in [2.45, 2.75) is 36.8 Å². The van der Waals surface area contributed by atoms with Crippen LogP contribution in [0.3, 0.4) is 0 Å². The van der Waals surface area contributed by atoms with Crippen molar-refractivity contribution in [1.29, 1.82) is 0 Å². The highest BCUT2D eigenvalue weighted by atomic mass is 16.6. The van der Waals surface area contributed by atoms with Gasteiger partial charge in [0.1, 0.15) is 12.7 Å². The van der Waals surface area contributed by atoms with E-state index in [2.05, 4.69) is 4.90 Å². The van der Waals surface area contributed by atoms with E-state index in [1.807, 2.05) is 54.6 Å². The smallest absolute Gasteiger partial charge is 0.240 e. The third-order valence-corrected chi connectivity index (χ3v) is 7.26. The molecule has 2 unspecified atom stereocenters. The lowest BCUT2D eigenvalue weighted by atomic mass is 9.93. The van der Waals surface area contributed by atoms with Crippen molar-refractivity contribution in [3.8, 4) is 11.5 Å². The van der Waals surface area contributed by atoms with Crippen molar-refractivity contribution in [3.05, 3.63) is 60.2 Å². The van der Waals surface area contributed by atoms with Crippen molar-refractivity contribution >= 4 is 11.8 Å². The van der Waals surface area contributed by atoms with Gasteiger partial charge in [0.2, 0.25) is 11.8 Å². The molecule has 0 spiro atoms. The molecule has 2 amide bonds. The van der Waals surface area contributed by atoms with E-state index in [-0.39, 0.29) is 29.9 Å². The van der Waals surface area contributed by atoms with Crippen LogP contribution >= 0.6 is 0 Å². The highest BCUT2D eigenvalue weighted by molar-refractivity contribution is 6.15. The molecule has 4 aliphatic rings. The molecule has 2 aromatic carbocycles. The predicted molar refractivity (Wildman–Crippen MR) is 114 cm³/mol. The van der Waals surface area contributed by atoms with Crippen molar-refractivity contribution in [3.63, 3.8) is 0 Å². The van der Waals surface area contributed by atoms with Crippen LogP contribution < -0.4 is 9.47 Å². The standard InChI is InChI=1S/C25H26N2O4/c28-23-20-13-25(20,17-7-2-1-3-8-17)24(29)27(23)18-9-6-12-26(14-18)15-19-16-30-21-10-4-5-11-22(21)31-19/h1-5,7-8,10-11,18-20H,6,9,12-16H2/t18-,19-,20?,25?/m0/s1. The van der Waals surface area contributed by atoms with Crippen molar-refractivity contribution in [1.82, 2.24) is 9.80 Å². The summed E-state index contributed by atoms with van der Waals surface area (Å²) in [6, 6.07) is 17.5. The van der Waals surface area contributed by atoms with Crippen molar-refractivity contribution in [2.24, 2.45) is 5.92 Å². The van der Waals surface area contributed by atoms with Gasteiger partial charge < -0.3 is 9.47 Å². The molecular formula is C25H26N2O4. The molecule has 6 rings (SSSR count). The second-order valence-electron chi connectivity index (χ2n) is 9.16. The first-order valence-corrected chi connectivity index (χ1v) is 11.2. The van der Waals surface area contributed by atoms with Crippen molar-refractivity contribution < 1.29 is 19.1 Å². The predicted octanol–water partition coefficient (Wildman–Crippen LogP) is 2.62. The molecule has 0 bridgehead atoms. The normalized spacial score (nSPS) is 32.1. The van der Waals surface area contributed by atoms with Gasteiger partial charge in [-0.25, -0.2) is 0 Å². The Hall–Kier alpha value is -2.86. The number of hydrogen-bond donors (Lipinski definition) is 0. The highest BCUT2D eigenvalue weighted by Crippen LogP contribution is 2.61. The fraction of sp³-hybridized carbons (Fsp3) is 0.440. The van der Waals surface area contributed by atoms with Crippen LogP contribution in [0.4, 0.5) is 0 Å². The fourth-order valence-corrected chi connectivity index (χ4v) is 5.65. The zero-order valence-corrected chi connectivity index (χ0v) is 17.4. The van der Waals surface area contributed by atoms with E-state index < -0.39 is 5.41 Å². The molecule has 160 valence electrons. The summed E-state index contributed by atoms with van der Waals surface area (Å²) in [7, 11) is 0. The topological polar surface area (TPSA) is 59.1 Å². The van der Waals surface area contributed by atoms with E-state index in [0.717, 1.165) is 43.0 Å². The maximum atomic E-state index is 13.5. The number of imide groups is 1. The lowest BCUT2D eigenvalue weighted by Crippen LogP contribution is -2.54. The molecule has 1 saturated carbocycles. The SMILES string of the molecule is O=C1C2CC2(c2ccccc2)C(=O)N1[C@H]1CCCN(C[C@H]2COc3ccccc3O2)C1. The Morgan fingerprint density at radius 1 is 1.00 bits per heavy atom. The maximum Gasteiger partial charge on any atom is 0.240 e. The minimum atomic E-state index is -0.606. The van der Waals surface area contributed by atoms with Gasteiger partial charge in [-0.3, -0.25) is 19.4 Å². The van der Waals surface area contributed by atoms with Crippen LogP contribution in [0.2, 0.25) is 0 Å². The Morgan fingerprint density at radius 2 is 1.77 bits per heavy atom. The summed E-state index contributed by atoms with van der Waals surface area (Å²) >= 11 is 0. The van der Waals surface area contributed by atoms with Gasteiger partial charge in [-0.15, -0.1) is 0 Å². The lowest BCUT2D eigenvalue weighted by molar-refractivity contribution is -0.146. The van der Waals surface area contributed by atoms with Gasteiger partial charge in [-0.2, -0.15) is 0 Å². The Balaban J connectivity index is 1.15. The van der Waals surface area contributed by atoms with E-state index in [4.69, 9.17) is 9.47 Å². The molecule has 3 fully saturated rings. The number of piperidine rings is 2. The number of carbonyl (C=O) groups excluding carboxylic acids is 2. The molecule has 1 aliphatic carbocycles. The first-order valence-electron chi connectivity index (χ1n) is 11.2. The van der Waals surface area contributed by atoms with Gasteiger partial charge >= 0.3 is 0 Å². The molecule has 6 nitrogen and oxygen atoms in total.